The molecule has 2 N–H and O–H groups in total. The number of aryl methyl sites for hydroxylation is 1. The Bertz CT molecular complexity index is 1680. The second-order valence-electron chi connectivity index (χ2n) is 12.2. The van der Waals surface area contributed by atoms with Crippen LogP contribution in [-0.4, -0.2) is 75.1 Å². The lowest BCUT2D eigenvalue weighted by atomic mass is 9.90. The number of nitrogens with zero attached hydrogens (tertiary/aromatic N) is 5. The van der Waals surface area contributed by atoms with Crippen molar-refractivity contribution in [2.75, 3.05) is 33.3 Å². The van der Waals surface area contributed by atoms with E-state index in [-0.39, 0.29) is 17.9 Å². The van der Waals surface area contributed by atoms with Gasteiger partial charge in [-0.15, -0.1) is 0 Å². The van der Waals surface area contributed by atoms with Crippen LogP contribution in [-0.2, 0) is 11.3 Å². The minimum Gasteiger partial charge on any atom is -0.494 e. The van der Waals surface area contributed by atoms with Gasteiger partial charge < -0.3 is 24.8 Å². The Hall–Kier alpha value is -3.85. The van der Waals surface area contributed by atoms with E-state index in [0.717, 1.165) is 54.9 Å². The van der Waals surface area contributed by atoms with Crippen LogP contribution in [0.25, 0.3) is 27.8 Å². The molecule has 1 aliphatic carbocycles. The van der Waals surface area contributed by atoms with E-state index < -0.39 is 0 Å². The molecule has 1 unspecified atom stereocenters. The quantitative estimate of drug-likeness (QED) is 0.385. The molecule has 3 fully saturated rings. The van der Waals surface area contributed by atoms with E-state index in [0.29, 0.717) is 36.2 Å². The van der Waals surface area contributed by atoms with E-state index in [1.165, 1.54) is 29.3 Å². The van der Waals surface area contributed by atoms with Crippen molar-refractivity contribution in [2.24, 2.45) is 11.7 Å². The highest BCUT2D eigenvalue weighted by Gasteiger charge is 2.33. The van der Waals surface area contributed by atoms with Gasteiger partial charge in [-0.1, -0.05) is 18.2 Å². The van der Waals surface area contributed by atoms with Gasteiger partial charge in [-0.25, -0.2) is 4.52 Å². The summed E-state index contributed by atoms with van der Waals surface area (Å²) in [6.07, 6.45) is 6.18. The third kappa shape index (κ3) is 4.47. The smallest absolute Gasteiger partial charge is 0.255 e. The number of likely N-dealkylation sites (tertiary alicyclic amines) is 2. The Kier molecular flexibility index (Phi) is 6.30. The maximum Gasteiger partial charge on any atom is 0.255 e. The summed E-state index contributed by atoms with van der Waals surface area (Å²) in [6.45, 7) is 7.49. The molecule has 9 nitrogen and oxygen atoms in total. The average molecular weight is 555 g/mol. The van der Waals surface area contributed by atoms with Gasteiger partial charge in [-0.05, 0) is 56.2 Å². The third-order valence-corrected chi connectivity index (χ3v) is 9.24. The zero-order chi connectivity index (χ0) is 28.4. The van der Waals surface area contributed by atoms with Crippen LogP contribution in [0.2, 0.25) is 0 Å². The van der Waals surface area contributed by atoms with Crippen molar-refractivity contribution >= 4 is 28.2 Å². The van der Waals surface area contributed by atoms with Crippen LogP contribution in [0.1, 0.15) is 60.0 Å². The normalized spacial score (nSPS) is 19.7. The van der Waals surface area contributed by atoms with Crippen LogP contribution in [0.3, 0.4) is 0 Å². The summed E-state index contributed by atoms with van der Waals surface area (Å²) < 4.78 is 10.1. The molecule has 1 saturated carbocycles. The first-order valence-corrected chi connectivity index (χ1v) is 14.8. The monoisotopic (exact) mass is 554 g/mol. The number of hydrogen-bond acceptors (Lipinski definition) is 5. The minimum absolute atomic E-state index is 0.0145. The van der Waals surface area contributed by atoms with Gasteiger partial charge in [0.15, 0.2) is 0 Å². The van der Waals surface area contributed by atoms with Crippen LogP contribution >= 0.6 is 0 Å². The molecule has 0 bridgehead atoms. The zero-order valence-corrected chi connectivity index (χ0v) is 24.1. The van der Waals surface area contributed by atoms with Crippen molar-refractivity contribution in [3.8, 4) is 17.1 Å². The van der Waals surface area contributed by atoms with Crippen molar-refractivity contribution in [2.45, 2.75) is 58.0 Å². The molecule has 4 aromatic rings. The predicted octanol–water partition coefficient (Wildman–Crippen LogP) is 4.19. The molecule has 1 aromatic carbocycles. The molecule has 7 rings (SSSR count). The van der Waals surface area contributed by atoms with Crippen molar-refractivity contribution in [3.05, 3.63) is 53.2 Å². The molecule has 2 saturated heterocycles. The van der Waals surface area contributed by atoms with Crippen LogP contribution in [0.15, 0.2) is 36.5 Å². The number of para-hydroxylation sites is 1. The second kappa shape index (κ2) is 9.91. The summed E-state index contributed by atoms with van der Waals surface area (Å²) >= 11 is 0. The Morgan fingerprint density at radius 2 is 1.88 bits per heavy atom. The van der Waals surface area contributed by atoms with Gasteiger partial charge in [0, 0.05) is 68.8 Å². The summed E-state index contributed by atoms with van der Waals surface area (Å²) in [5.74, 6) is 1.74. The summed E-state index contributed by atoms with van der Waals surface area (Å²) in [6, 6.07) is 10.6. The molecule has 0 radical (unpaired) electrons. The molecule has 3 aromatic heterocycles. The van der Waals surface area contributed by atoms with Gasteiger partial charge in [0.2, 0.25) is 5.91 Å². The lowest BCUT2D eigenvalue weighted by Crippen LogP contribution is -2.47. The number of methoxy groups -OCH3 is 1. The van der Waals surface area contributed by atoms with Gasteiger partial charge in [0.1, 0.15) is 17.0 Å². The molecule has 0 spiro atoms. The number of hydrogen-bond donors (Lipinski definition) is 1. The molecule has 2 aliphatic heterocycles. The number of nitrogens with two attached hydrogens (primary N) is 1. The summed E-state index contributed by atoms with van der Waals surface area (Å²) in [7, 11) is 1.64. The lowest BCUT2D eigenvalue weighted by Gasteiger charge is -2.39. The standard InChI is InChI=1S/C32H38N6O3/c1-19-29(34-38-17-23(13-28(41-3)30(19)38)32(40)35-11-5-7-25(33)18-35)27-12-22-6-4-8-26(24-15-36(16-24)20(2)39)31(22)37(27)14-21-9-10-21/h4,6,8,12-13,17,21,24-25H,5,7,9-11,14-16,18,33H2,1-3H3. The number of aromatic nitrogens is 3. The highest BCUT2D eigenvalue weighted by atomic mass is 16.5. The SMILES string of the molecule is COc1cc(C(=O)N2CCCC(N)C2)cn2nc(-c3cc4cccc(C5CN(C(C)=O)C5)c4n3CC3CC3)c(C)c12. The number of piperidine rings is 1. The van der Waals surface area contributed by atoms with Crippen molar-refractivity contribution in [1.82, 2.24) is 24.0 Å². The number of fused-ring (bicyclic) bond motifs is 2. The van der Waals surface area contributed by atoms with Crippen molar-refractivity contribution < 1.29 is 14.3 Å². The maximum absolute atomic E-state index is 13.5. The molecule has 3 aliphatic rings. The Morgan fingerprint density at radius 1 is 1.07 bits per heavy atom. The Morgan fingerprint density at radius 3 is 2.59 bits per heavy atom. The topological polar surface area (TPSA) is 98.1 Å². The fraction of sp³-hybridized carbons (Fsp3) is 0.469. The number of amides is 2. The first-order chi connectivity index (χ1) is 19.8. The second-order valence-corrected chi connectivity index (χ2v) is 12.2. The molecule has 9 heteroatoms. The van der Waals surface area contributed by atoms with Crippen LogP contribution in [0, 0.1) is 12.8 Å². The largest absolute Gasteiger partial charge is 0.494 e. The highest BCUT2D eigenvalue weighted by Crippen LogP contribution is 2.41. The average Bonchev–Trinajstić information content (AvgIpc) is 3.59. The van der Waals surface area contributed by atoms with Gasteiger partial charge in [-0.2, -0.15) is 5.10 Å². The summed E-state index contributed by atoms with van der Waals surface area (Å²) in [5, 5.41) is 6.28. The van der Waals surface area contributed by atoms with E-state index in [1.54, 1.807) is 14.0 Å². The van der Waals surface area contributed by atoms with E-state index in [4.69, 9.17) is 15.6 Å². The molecule has 41 heavy (non-hydrogen) atoms. The number of carbonyl (C=O) groups is 2. The van der Waals surface area contributed by atoms with E-state index >= 15 is 0 Å². The Balaban J connectivity index is 1.34. The number of pyridine rings is 1. The van der Waals surface area contributed by atoms with Gasteiger partial charge in [0.05, 0.1) is 23.9 Å². The first-order valence-electron chi connectivity index (χ1n) is 14.8. The summed E-state index contributed by atoms with van der Waals surface area (Å²) in [4.78, 5) is 29.1. The molecular weight excluding hydrogens is 516 g/mol. The van der Waals surface area contributed by atoms with Crippen LogP contribution in [0.5, 0.6) is 5.75 Å². The molecule has 5 heterocycles. The fourth-order valence-electron chi connectivity index (χ4n) is 6.74. The number of rotatable bonds is 6. The molecule has 1 atom stereocenters. The number of carbonyl (C=O) groups excluding carboxylic acids is 2. The summed E-state index contributed by atoms with van der Waals surface area (Å²) in [5.41, 5.74) is 13.2. The van der Waals surface area contributed by atoms with Crippen molar-refractivity contribution in [3.63, 3.8) is 0 Å². The molecule has 214 valence electrons. The Labute approximate surface area is 239 Å². The lowest BCUT2D eigenvalue weighted by molar-refractivity contribution is -0.133. The maximum atomic E-state index is 13.5. The van der Waals surface area contributed by atoms with Crippen molar-refractivity contribution in [1.29, 1.82) is 0 Å². The molecule has 2 amide bonds. The van der Waals surface area contributed by atoms with Gasteiger partial charge in [-0.3, -0.25) is 9.59 Å². The third-order valence-electron chi connectivity index (χ3n) is 9.24. The highest BCUT2D eigenvalue weighted by molar-refractivity contribution is 5.96. The van der Waals surface area contributed by atoms with E-state index in [2.05, 4.69) is 35.8 Å². The number of benzene rings is 1. The molecular formula is C32H38N6O3. The van der Waals surface area contributed by atoms with Gasteiger partial charge in [0.25, 0.3) is 5.91 Å². The fourth-order valence-corrected chi connectivity index (χ4v) is 6.74. The minimum atomic E-state index is -0.0392. The number of ether oxygens (including phenoxy) is 1. The van der Waals surface area contributed by atoms with E-state index in [1.807, 2.05) is 26.6 Å². The first kappa shape index (κ1) is 26.1. The predicted molar refractivity (Wildman–Crippen MR) is 158 cm³/mol. The van der Waals surface area contributed by atoms with E-state index in [9.17, 15) is 9.59 Å². The van der Waals surface area contributed by atoms with Crippen LogP contribution in [0.4, 0.5) is 0 Å². The van der Waals surface area contributed by atoms with Gasteiger partial charge >= 0.3 is 0 Å². The van der Waals surface area contributed by atoms with Crippen LogP contribution < -0.4 is 10.5 Å². The zero-order valence-electron chi connectivity index (χ0n) is 24.1.